The summed E-state index contributed by atoms with van der Waals surface area (Å²) in [6.07, 6.45) is 2.17. The van der Waals surface area contributed by atoms with Crippen molar-refractivity contribution in [3.63, 3.8) is 0 Å². The molecular formula is C35H36F3N5O4S. The van der Waals surface area contributed by atoms with E-state index in [4.69, 9.17) is 0 Å². The summed E-state index contributed by atoms with van der Waals surface area (Å²) in [5.74, 6) is -0.788. The molecule has 13 heteroatoms. The fourth-order valence-corrected chi connectivity index (χ4v) is 7.08. The molecule has 9 nitrogen and oxygen atoms in total. The third-order valence-corrected chi connectivity index (χ3v) is 9.67. The Labute approximate surface area is 277 Å². The van der Waals surface area contributed by atoms with Crippen molar-refractivity contribution in [3.05, 3.63) is 108 Å². The van der Waals surface area contributed by atoms with Gasteiger partial charge < -0.3 is 20.9 Å². The number of amides is 3. The van der Waals surface area contributed by atoms with Gasteiger partial charge in [0.15, 0.2) is 9.84 Å². The Morgan fingerprint density at radius 2 is 1.60 bits per heavy atom. The van der Waals surface area contributed by atoms with Gasteiger partial charge in [-0.15, -0.1) is 0 Å². The van der Waals surface area contributed by atoms with E-state index in [1.165, 1.54) is 30.7 Å². The number of carbonyl (C=O) groups is 2. The summed E-state index contributed by atoms with van der Waals surface area (Å²) in [6.45, 7) is 2.80. The minimum atomic E-state index is -4.77. The maximum atomic E-state index is 13.7. The molecule has 5 rings (SSSR count). The molecule has 2 heterocycles. The van der Waals surface area contributed by atoms with E-state index in [2.05, 4.69) is 25.8 Å². The van der Waals surface area contributed by atoms with Crippen LogP contribution in [0.4, 0.5) is 29.3 Å². The molecule has 252 valence electrons. The van der Waals surface area contributed by atoms with Gasteiger partial charge in [-0.05, 0) is 85.1 Å². The lowest BCUT2D eigenvalue weighted by atomic mass is 10.0. The number of nitrogens with zero attached hydrogens (tertiary/aromatic N) is 2. The van der Waals surface area contributed by atoms with Gasteiger partial charge in [0.2, 0.25) is 5.91 Å². The van der Waals surface area contributed by atoms with Crippen LogP contribution in [-0.2, 0) is 33.1 Å². The molecule has 1 fully saturated rings. The highest BCUT2D eigenvalue weighted by Crippen LogP contribution is 2.37. The summed E-state index contributed by atoms with van der Waals surface area (Å²) in [5, 5.41) is 8.17. The quantitative estimate of drug-likeness (QED) is 0.159. The molecule has 0 radical (unpaired) electrons. The number of anilines is 2. The number of hydrogen-bond donors (Lipinski definition) is 3. The van der Waals surface area contributed by atoms with Crippen molar-refractivity contribution < 1.29 is 31.2 Å². The van der Waals surface area contributed by atoms with Gasteiger partial charge in [-0.2, -0.15) is 13.2 Å². The second-order valence-corrected chi connectivity index (χ2v) is 13.6. The second-order valence-electron chi connectivity index (χ2n) is 11.6. The predicted molar refractivity (Wildman–Crippen MR) is 178 cm³/mol. The second kappa shape index (κ2) is 15.4. The highest BCUT2D eigenvalue weighted by atomic mass is 32.2. The van der Waals surface area contributed by atoms with E-state index >= 15 is 0 Å². The third kappa shape index (κ3) is 9.64. The highest BCUT2D eigenvalue weighted by Gasteiger charge is 2.33. The van der Waals surface area contributed by atoms with Crippen molar-refractivity contribution in [2.75, 3.05) is 30.3 Å². The number of likely N-dealkylation sites (tertiary alicyclic amines) is 1. The molecule has 0 spiro atoms. The Morgan fingerprint density at radius 1 is 0.833 bits per heavy atom. The summed E-state index contributed by atoms with van der Waals surface area (Å²) in [7, 11) is -4.31. The number of piperidine rings is 1. The van der Waals surface area contributed by atoms with Crippen LogP contribution in [0.25, 0.3) is 11.1 Å². The van der Waals surface area contributed by atoms with Crippen LogP contribution in [0.15, 0.2) is 96.2 Å². The van der Waals surface area contributed by atoms with Gasteiger partial charge in [-0.3, -0.25) is 9.78 Å². The van der Waals surface area contributed by atoms with Gasteiger partial charge in [0.05, 0.1) is 16.2 Å². The van der Waals surface area contributed by atoms with E-state index < -0.39 is 38.3 Å². The molecular weight excluding hydrogens is 643 g/mol. The molecule has 0 bridgehead atoms. The molecule has 0 atom stereocenters. The van der Waals surface area contributed by atoms with Crippen LogP contribution in [0.5, 0.6) is 0 Å². The number of hydrogen-bond acceptors (Lipinski definition) is 6. The molecule has 48 heavy (non-hydrogen) atoms. The van der Waals surface area contributed by atoms with E-state index in [9.17, 15) is 31.2 Å². The van der Waals surface area contributed by atoms with Crippen molar-refractivity contribution in [3.8, 4) is 11.1 Å². The summed E-state index contributed by atoms with van der Waals surface area (Å²) < 4.78 is 68.7. The summed E-state index contributed by atoms with van der Waals surface area (Å²) in [5.41, 5.74) is 1.26. The van der Waals surface area contributed by atoms with Crippen LogP contribution in [0.2, 0.25) is 0 Å². The average Bonchev–Trinajstić information content (AvgIpc) is 3.07. The number of nitrogens with one attached hydrogen (secondary N) is 3. The Morgan fingerprint density at radius 3 is 2.31 bits per heavy atom. The lowest BCUT2D eigenvalue weighted by Gasteiger charge is -2.25. The Balaban J connectivity index is 1.30. The number of aromatic nitrogens is 1. The first-order valence-electron chi connectivity index (χ1n) is 15.6. The molecule has 3 amide bonds. The van der Waals surface area contributed by atoms with E-state index in [0.29, 0.717) is 35.1 Å². The largest absolute Gasteiger partial charge is 0.416 e. The van der Waals surface area contributed by atoms with E-state index in [1.807, 2.05) is 6.07 Å². The van der Waals surface area contributed by atoms with Crippen LogP contribution in [0.3, 0.4) is 0 Å². The van der Waals surface area contributed by atoms with E-state index in [1.54, 1.807) is 42.7 Å². The first kappa shape index (κ1) is 34.6. The highest BCUT2D eigenvalue weighted by molar-refractivity contribution is 7.90. The van der Waals surface area contributed by atoms with Crippen LogP contribution in [0, 0.1) is 0 Å². The minimum absolute atomic E-state index is 0.0796. The smallest absolute Gasteiger partial charge is 0.334 e. The monoisotopic (exact) mass is 679 g/mol. The van der Waals surface area contributed by atoms with Crippen LogP contribution in [-0.4, -0.2) is 49.9 Å². The third-order valence-electron chi connectivity index (χ3n) is 7.95. The first-order chi connectivity index (χ1) is 23.0. The molecule has 1 aliphatic rings. The summed E-state index contributed by atoms with van der Waals surface area (Å²) in [4.78, 5) is 30.7. The number of alkyl halides is 3. The minimum Gasteiger partial charge on any atom is -0.334 e. The lowest BCUT2D eigenvalue weighted by Crippen LogP contribution is -2.32. The van der Waals surface area contributed by atoms with Gasteiger partial charge in [0.25, 0.3) is 0 Å². The van der Waals surface area contributed by atoms with Crippen LogP contribution < -0.4 is 16.0 Å². The molecule has 1 aliphatic heterocycles. The molecule has 0 unspecified atom stereocenters. The number of sulfone groups is 1. The normalized spacial score (nSPS) is 13.9. The lowest BCUT2D eigenvalue weighted by molar-refractivity contribution is -0.137. The van der Waals surface area contributed by atoms with Gasteiger partial charge >= 0.3 is 12.2 Å². The summed E-state index contributed by atoms with van der Waals surface area (Å²) >= 11 is 0. The Bertz CT molecular complexity index is 1830. The van der Waals surface area contributed by atoms with Crippen molar-refractivity contribution in [2.24, 2.45) is 0 Å². The first-order valence-corrected chi connectivity index (χ1v) is 17.2. The topological polar surface area (TPSA) is 121 Å². The van der Waals surface area contributed by atoms with Crippen molar-refractivity contribution in [1.82, 2.24) is 15.2 Å². The van der Waals surface area contributed by atoms with E-state index in [0.717, 1.165) is 43.6 Å². The zero-order chi connectivity index (χ0) is 34.1. The maximum absolute atomic E-state index is 13.7. The van der Waals surface area contributed by atoms with Gasteiger partial charge in [-0.25, -0.2) is 13.2 Å². The number of urea groups is 1. The van der Waals surface area contributed by atoms with Crippen molar-refractivity contribution in [1.29, 1.82) is 0 Å². The SMILES string of the molecule is O=C(CCN1CCCCC1)Nc1cccc(-c2ccc(C(F)(F)F)cc2S(=O)(=O)Cc2ccc(NC(=O)NCc3cccnc3)cc2)c1. The number of halogens is 3. The zero-order valence-corrected chi connectivity index (χ0v) is 26.9. The maximum Gasteiger partial charge on any atom is 0.416 e. The summed E-state index contributed by atoms with van der Waals surface area (Å²) in [6, 6.07) is 18.1. The molecule has 0 saturated carbocycles. The Kier molecular flexibility index (Phi) is 11.1. The zero-order valence-electron chi connectivity index (χ0n) is 26.1. The van der Waals surface area contributed by atoms with Gasteiger partial charge in [0, 0.05) is 48.8 Å². The van der Waals surface area contributed by atoms with Crippen molar-refractivity contribution >= 4 is 33.2 Å². The molecule has 4 aromatic rings. The number of benzene rings is 3. The Hall–Kier alpha value is -4.75. The number of rotatable bonds is 11. The van der Waals surface area contributed by atoms with Crippen LogP contribution in [0.1, 0.15) is 42.4 Å². The fraction of sp³-hybridized carbons (Fsp3) is 0.286. The molecule has 1 aromatic heterocycles. The standard InChI is InChI=1S/C35H36F3N5O4S/c36-35(37,38)28-11-14-31(27-7-4-8-30(20-27)41-33(44)15-19-43-17-2-1-3-18-43)32(21-28)48(46,47)24-25-9-12-29(13-10-25)42-34(45)40-23-26-6-5-16-39-22-26/h4-14,16,20-22H,1-3,15,17-19,23-24H2,(H,41,44)(H2,40,42,45). The van der Waals surface area contributed by atoms with Crippen molar-refractivity contribution in [2.45, 2.75) is 49.1 Å². The molecule has 0 aliphatic carbocycles. The molecule has 3 N–H and O–H groups in total. The molecule has 3 aromatic carbocycles. The van der Waals surface area contributed by atoms with Crippen LogP contribution >= 0.6 is 0 Å². The number of pyridine rings is 1. The van der Waals surface area contributed by atoms with E-state index in [-0.39, 0.29) is 24.4 Å². The van der Waals surface area contributed by atoms with Gasteiger partial charge in [0.1, 0.15) is 0 Å². The van der Waals surface area contributed by atoms with Gasteiger partial charge in [-0.1, -0.05) is 42.8 Å². The number of carbonyl (C=O) groups excluding carboxylic acids is 2. The fourth-order valence-electron chi connectivity index (χ4n) is 5.47. The molecule has 1 saturated heterocycles. The average molecular weight is 680 g/mol. The predicted octanol–water partition coefficient (Wildman–Crippen LogP) is 6.88.